The quantitative estimate of drug-likeness (QED) is 0.219. The fourth-order valence-corrected chi connectivity index (χ4v) is 5.32. The van der Waals surface area contributed by atoms with E-state index in [2.05, 4.69) is 35.4 Å². The highest BCUT2D eigenvalue weighted by atomic mass is 32.2. The van der Waals surface area contributed by atoms with Crippen LogP contribution in [0.1, 0.15) is 16.7 Å². The number of carbonyl (C=O) groups excluding carboxylic acids is 1. The van der Waals surface area contributed by atoms with Crippen LogP contribution < -0.4 is 9.46 Å². The first-order valence-electron chi connectivity index (χ1n) is 13.0. The van der Waals surface area contributed by atoms with Crippen molar-refractivity contribution in [2.45, 2.75) is 24.5 Å². The van der Waals surface area contributed by atoms with Gasteiger partial charge >= 0.3 is 0 Å². The highest BCUT2D eigenvalue weighted by Gasteiger charge is 2.20. The van der Waals surface area contributed by atoms with Gasteiger partial charge in [-0.2, -0.15) is 5.10 Å². The number of rotatable bonds is 12. The molecule has 0 aliphatic carbocycles. The molecular formula is C31H27F2N3O5S. The molecule has 8 nitrogen and oxygen atoms in total. The summed E-state index contributed by atoms with van der Waals surface area (Å²) in [5, 5.41) is 6.55. The minimum atomic E-state index is -4.40. The van der Waals surface area contributed by atoms with Gasteiger partial charge in [-0.3, -0.25) is 9.48 Å². The number of ether oxygens (including phenoxy) is 2. The maximum atomic E-state index is 13.5. The monoisotopic (exact) mass is 591 g/mol. The van der Waals surface area contributed by atoms with Crippen molar-refractivity contribution in [1.82, 2.24) is 14.5 Å². The largest absolute Gasteiger partial charge is 0.493 e. The highest BCUT2D eigenvalue weighted by molar-refractivity contribution is 7.90. The van der Waals surface area contributed by atoms with Crippen LogP contribution in [0.4, 0.5) is 8.78 Å². The summed E-state index contributed by atoms with van der Waals surface area (Å²) in [5.41, 5.74) is 2.73. The maximum absolute atomic E-state index is 13.5. The summed E-state index contributed by atoms with van der Waals surface area (Å²) in [4.78, 5) is 11.7. The molecule has 0 unspecified atom stereocenters. The van der Waals surface area contributed by atoms with Gasteiger partial charge in [-0.05, 0) is 52.2 Å². The Balaban J connectivity index is 1.22. The average molecular weight is 592 g/mol. The van der Waals surface area contributed by atoms with Gasteiger partial charge < -0.3 is 9.47 Å². The Labute approximate surface area is 241 Å². The van der Waals surface area contributed by atoms with Crippen LogP contribution in [-0.4, -0.2) is 37.3 Å². The predicted molar refractivity (Wildman–Crippen MR) is 152 cm³/mol. The normalized spacial score (nSPS) is 11.5. The van der Waals surface area contributed by atoms with E-state index in [0.717, 1.165) is 28.0 Å². The van der Waals surface area contributed by atoms with Crippen molar-refractivity contribution in [2.75, 3.05) is 13.2 Å². The Hall–Kier alpha value is -4.61. The number of sulfonamides is 1. The van der Waals surface area contributed by atoms with Crippen LogP contribution in [-0.2, 0) is 39.1 Å². The second kappa shape index (κ2) is 12.9. The van der Waals surface area contributed by atoms with E-state index in [1.807, 2.05) is 42.6 Å². The van der Waals surface area contributed by atoms with Gasteiger partial charge in [0.1, 0.15) is 12.4 Å². The van der Waals surface area contributed by atoms with Crippen molar-refractivity contribution in [3.63, 3.8) is 0 Å². The number of fused-ring (bicyclic) bond motifs is 1. The molecule has 0 bridgehead atoms. The molecule has 0 aliphatic heterocycles. The van der Waals surface area contributed by atoms with Crippen molar-refractivity contribution < 1.29 is 31.5 Å². The van der Waals surface area contributed by atoms with Crippen molar-refractivity contribution in [3.05, 3.63) is 126 Å². The first kappa shape index (κ1) is 28.9. The number of nitrogens with one attached hydrogen (secondary N) is 1. The van der Waals surface area contributed by atoms with Gasteiger partial charge in [0.15, 0.2) is 11.6 Å². The average Bonchev–Trinajstić information content (AvgIpc) is 3.48. The number of halogens is 2. The number of amides is 1. The summed E-state index contributed by atoms with van der Waals surface area (Å²) < 4.78 is 66.6. The van der Waals surface area contributed by atoms with E-state index in [1.165, 1.54) is 0 Å². The van der Waals surface area contributed by atoms with E-state index in [9.17, 15) is 22.0 Å². The Morgan fingerprint density at radius 3 is 2.48 bits per heavy atom. The number of nitrogens with zero attached hydrogens (tertiary/aromatic N) is 2. The number of hydrogen-bond acceptors (Lipinski definition) is 6. The molecule has 1 N–H and O–H groups in total. The van der Waals surface area contributed by atoms with Gasteiger partial charge in [0.25, 0.3) is 15.9 Å². The number of hydrogen-bond donors (Lipinski definition) is 1. The molecule has 0 saturated carbocycles. The number of aromatic nitrogens is 2. The number of benzene rings is 4. The van der Waals surface area contributed by atoms with E-state index < -0.39 is 39.1 Å². The topological polar surface area (TPSA) is 99.5 Å². The molecule has 0 aliphatic rings. The molecule has 0 radical (unpaired) electrons. The lowest BCUT2D eigenvalue weighted by Crippen LogP contribution is -2.33. The zero-order chi connectivity index (χ0) is 29.5. The van der Waals surface area contributed by atoms with Gasteiger partial charge in [-0.15, -0.1) is 0 Å². The molecule has 1 amide bonds. The van der Waals surface area contributed by atoms with Gasteiger partial charge in [0.05, 0.1) is 24.7 Å². The van der Waals surface area contributed by atoms with Crippen LogP contribution in [0.5, 0.6) is 5.75 Å². The first-order chi connectivity index (χ1) is 20.3. The van der Waals surface area contributed by atoms with Crippen LogP contribution in [0.2, 0.25) is 0 Å². The summed E-state index contributed by atoms with van der Waals surface area (Å²) >= 11 is 0. The maximum Gasteiger partial charge on any atom is 0.264 e. The third-order valence-electron chi connectivity index (χ3n) is 6.44. The minimum Gasteiger partial charge on any atom is -0.493 e. The van der Waals surface area contributed by atoms with E-state index >= 15 is 0 Å². The summed E-state index contributed by atoms with van der Waals surface area (Å²) in [7, 11) is -4.40. The fourth-order valence-electron chi connectivity index (χ4n) is 4.34. The molecule has 0 spiro atoms. The molecule has 11 heteroatoms. The SMILES string of the molecule is O=C(COCc1ccc(Cn2cccn2)cc1OCCc1ccc2ccccc2c1)NS(=O)(=O)c1ccc(F)c(F)c1. The highest BCUT2D eigenvalue weighted by Crippen LogP contribution is 2.23. The van der Waals surface area contributed by atoms with E-state index in [4.69, 9.17) is 9.47 Å². The standard InChI is InChI=1S/C31H27F2N3O5S/c32-28-11-10-27(18-29(28)33)42(38,39)35-31(37)21-40-20-26-9-7-23(19-36-14-3-13-34-36)17-30(26)41-15-12-22-6-8-24-4-1-2-5-25(24)16-22/h1-11,13-14,16-18H,12,15,19-21H2,(H,35,37). The Morgan fingerprint density at radius 1 is 0.881 bits per heavy atom. The molecule has 0 atom stereocenters. The third-order valence-corrected chi connectivity index (χ3v) is 7.81. The Bertz CT molecular complexity index is 1810. The van der Waals surface area contributed by atoms with E-state index in [0.29, 0.717) is 43.0 Å². The smallest absolute Gasteiger partial charge is 0.264 e. The summed E-state index contributed by atoms with van der Waals surface area (Å²) in [6.45, 7) is 0.295. The van der Waals surface area contributed by atoms with Crippen molar-refractivity contribution in [2.24, 2.45) is 0 Å². The lowest BCUT2D eigenvalue weighted by molar-refractivity contribution is -0.124. The molecule has 5 aromatic rings. The third kappa shape index (κ3) is 7.36. The van der Waals surface area contributed by atoms with E-state index in [-0.39, 0.29) is 6.61 Å². The first-order valence-corrected chi connectivity index (χ1v) is 14.5. The Morgan fingerprint density at radius 2 is 1.69 bits per heavy atom. The fraction of sp³-hybridized carbons (Fsp3) is 0.161. The molecule has 1 aromatic heterocycles. The second-order valence-electron chi connectivity index (χ2n) is 9.52. The van der Waals surface area contributed by atoms with Crippen LogP contribution in [0.15, 0.2) is 102 Å². The summed E-state index contributed by atoms with van der Waals surface area (Å²) in [6, 6.07) is 23.9. The second-order valence-corrected chi connectivity index (χ2v) is 11.2. The van der Waals surface area contributed by atoms with Crippen molar-refractivity contribution >= 4 is 26.7 Å². The summed E-state index contributed by atoms with van der Waals surface area (Å²) in [5.74, 6) is -2.94. The van der Waals surface area contributed by atoms with Gasteiger partial charge in [-0.1, -0.05) is 54.6 Å². The van der Waals surface area contributed by atoms with Gasteiger partial charge in [0, 0.05) is 24.4 Å². The molecule has 216 valence electrons. The van der Waals surface area contributed by atoms with Crippen molar-refractivity contribution in [1.29, 1.82) is 0 Å². The lowest BCUT2D eigenvalue weighted by atomic mass is 10.1. The molecule has 1 heterocycles. The summed E-state index contributed by atoms with van der Waals surface area (Å²) in [6.07, 6.45) is 4.21. The predicted octanol–water partition coefficient (Wildman–Crippen LogP) is 5.01. The zero-order valence-corrected chi connectivity index (χ0v) is 23.2. The van der Waals surface area contributed by atoms with Crippen molar-refractivity contribution in [3.8, 4) is 5.75 Å². The molecule has 5 rings (SSSR count). The van der Waals surface area contributed by atoms with Gasteiger partial charge in [0.2, 0.25) is 0 Å². The van der Waals surface area contributed by atoms with Crippen LogP contribution in [0.25, 0.3) is 10.8 Å². The Kier molecular flexibility index (Phi) is 8.89. The van der Waals surface area contributed by atoms with Crippen LogP contribution >= 0.6 is 0 Å². The number of carbonyl (C=O) groups is 1. The lowest BCUT2D eigenvalue weighted by Gasteiger charge is -2.14. The molecule has 0 saturated heterocycles. The molecule has 4 aromatic carbocycles. The van der Waals surface area contributed by atoms with Crippen LogP contribution in [0, 0.1) is 11.6 Å². The molecular weight excluding hydrogens is 564 g/mol. The zero-order valence-electron chi connectivity index (χ0n) is 22.4. The molecule has 42 heavy (non-hydrogen) atoms. The molecule has 0 fully saturated rings. The minimum absolute atomic E-state index is 0.0357. The van der Waals surface area contributed by atoms with Gasteiger partial charge in [-0.25, -0.2) is 21.9 Å². The van der Waals surface area contributed by atoms with E-state index in [1.54, 1.807) is 15.6 Å². The van der Waals surface area contributed by atoms with Crippen LogP contribution in [0.3, 0.4) is 0 Å².